The van der Waals surface area contributed by atoms with Crippen molar-refractivity contribution in [2.75, 3.05) is 13.1 Å². The first-order valence-corrected chi connectivity index (χ1v) is 11.9. The molecule has 7 nitrogen and oxygen atoms in total. The highest BCUT2D eigenvalue weighted by atomic mass is 35.5. The summed E-state index contributed by atoms with van der Waals surface area (Å²) < 4.78 is 24.8. The van der Waals surface area contributed by atoms with Crippen LogP contribution in [0.5, 0.6) is 5.75 Å². The summed E-state index contributed by atoms with van der Waals surface area (Å²) in [5.41, 5.74) is 0.789. The van der Waals surface area contributed by atoms with Gasteiger partial charge < -0.3 is 19.2 Å². The smallest absolute Gasteiger partial charge is 0.336 e. The Morgan fingerprint density at radius 3 is 2.63 bits per heavy atom. The Morgan fingerprint density at radius 2 is 1.89 bits per heavy atom. The number of aliphatic carboxylic acids is 1. The monoisotopic (exact) mass is 499 g/mol. The maximum absolute atomic E-state index is 13.5. The molecule has 1 amide bonds. The van der Waals surface area contributed by atoms with Gasteiger partial charge in [-0.15, -0.1) is 0 Å². The lowest BCUT2D eigenvalue weighted by Crippen LogP contribution is -2.49. The van der Waals surface area contributed by atoms with Gasteiger partial charge in [-0.1, -0.05) is 11.6 Å². The largest absolute Gasteiger partial charge is 0.490 e. The van der Waals surface area contributed by atoms with Gasteiger partial charge in [-0.25, -0.2) is 9.18 Å². The number of carbonyl (C=O) groups is 2. The van der Waals surface area contributed by atoms with Gasteiger partial charge in [0.15, 0.2) is 0 Å². The first kappa shape index (κ1) is 23.4. The van der Waals surface area contributed by atoms with Gasteiger partial charge in [0, 0.05) is 47.7 Å². The number of nitrogens with zero attached hydrogens (tertiary/aromatic N) is 1. The molecule has 1 saturated heterocycles. The molecule has 2 aliphatic rings. The first-order chi connectivity index (χ1) is 16.8. The number of carbonyl (C=O) groups excluding carboxylic acids is 1. The third-order valence-electron chi connectivity index (χ3n) is 6.77. The van der Waals surface area contributed by atoms with Crippen LogP contribution in [0.2, 0.25) is 5.02 Å². The predicted molar refractivity (Wildman–Crippen MR) is 127 cm³/mol. The fourth-order valence-electron chi connectivity index (χ4n) is 4.84. The minimum atomic E-state index is -0.856. The van der Waals surface area contributed by atoms with Gasteiger partial charge in [0.2, 0.25) is 5.91 Å². The zero-order chi connectivity index (χ0) is 24.7. The van der Waals surface area contributed by atoms with Crippen molar-refractivity contribution in [3.8, 4) is 16.9 Å². The number of rotatable bonds is 5. The molecule has 1 atom stereocenters. The molecule has 182 valence electrons. The molecule has 2 aromatic carbocycles. The molecular formula is C26H23ClFNO6. The average Bonchev–Trinajstić information content (AvgIpc) is 2.80. The fraction of sp³-hybridized carbons (Fsp3) is 0.346. The number of ether oxygens (including phenoxy) is 1. The van der Waals surface area contributed by atoms with Crippen LogP contribution < -0.4 is 10.4 Å². The number of fused-ring (bicyclic) bond motifs is 1. The second-order valence-corrected chi connectivity index (χ2v) is 9.54. The van der Waals surface area contributed by atoms with E-state index in [4.69, 9.17) is 20.8 Å². The molecule has 9 heteroatoms. The normalized spacial score (nSPS) is 22.0. The number of benzene rings is 2. The summed E-state index contributed by atoms with van der Waals surface area (Å²) in [7, 11) is 0. The Hall–Kier alpha value is -3.39. The van der Waals surface area contributed by atoms with Crippen molar-refractivity contribution in [3.05, 3.63) is 63.7 Å². The van der Waals surface area contributed by atoms with Gasteiger partial charge in [0.05, 0.1) is 10.9 Å². The lowest BCUT2D eigenvalue weighted by Gasteiger charge is -2.39. The van der Waals surface area contributed by atoms with E-state index in [1.807, 2.05) is 0 Å². The van der Waals surface area contributed by atoms with Gasteiger partial charge in [-0.3, -0.25) is 9.59 Å². The third kappa shape index (κ3) is 4.75. The van der Waals surface area contributed by atoms with Gasteiger partial charge >= 0.3 is 11.6 Å². The molecule has 1 N–H and O–H groups in total. The summed E-state index contributed by atoms with van der Waals surface area (Å²) in [4.78, 5) is 37.9. The van der Waals surface area contributed by atoms with Gasteiger partial charge in [-0.05, 0) is 56.0 Å². The number of likely N-dealkylation sites (tertiary alicyclic amines) is 1. The van der Waals surface area contributed by atoms with Crippen LogP contribution in [0.3, 0.4) is 0 Å². The Morgan fingerprint density at radius 1 is 1.09 bits per heavy atom. The number of hydrogen-bond donors (Lipinski definition) is 1. The van der Waals surface area contributed by atoms with E-state index >= 15 is 0 Å². The van der Waals surface area contributed by atoms with Crippen LogP contribution in [-0.4, -0.2) is 41.1 Å². The Labute approximate surface area is 205 Å². The molecule has 2 fully saturated rings. The zero-order valence-electron chi connectivity index (χ0n) is 18.7. The minimum Gasteiger partial charge on any atom is -0.490 e. The number of carboxylic acid groups (broad SMARTS) is 1. The summed E-state index contributed by atoms with van der Waals surface area (Å²) in [6.45, 7) is 0.856. The number of halogens is 2. The standard InChI is InChI=1S/C26H23ClFNO6/c27-22-10-16(28)3-5-19(22)21-12-24(30)35-23-11-17(4-6-20(21)23)34-18-8-15(9-18)25(31)29-7-1-2-14(13-29)26(32)33/h3-6,10-12,14-15,18H,1-2,7-9,13H2,(H,32,33)/t14-,15?,18?/m0/s1. The van der Waals surface area contributed by atoms with E-state index in [0.29, 0.717) is 60.1 Å². The van der Waals surface area contributed by atoms with E-state index in [1.54, 1.807) is 23.1 Å². The lowest BCUT2D eigenvalue weighted by atomic mass is 9.80. The molecule has 0 unspecified atom stereocenters. The van der Waals surface area contributed by atoms with E-state index < -0.39 is 23.3 Å². The average molecular weight is 500 g/mol. The van der Waals surface area contributed by atoms with Crippen molar-refractivity contribution in [2.45, 2.75) is 31.8 Å². The highest BCUT2D eigenvalue weighted by molar-refractivity contribution is 6.33. The van der Waals surface area contributed by atoms with Crippen molar-refractivity contribution in [1.29, 1.82) is 0 Å². The molecule has 0 bridgehead atoms. The van der Waals surface area contributed by atoms with Gasteiger partial charge in [0.25, 0.3) is 0 Å². The molecule has 1 saturated carbocycles. The minimum absolute atomic E-state index is 0.0128. The topological polar surface area (TPSA) is 97.0 Å². The van der Waals surface area contributed by atoms with E-state index in [1.165, 1.54) is 24.3 Å². The summed E-state index contributed by atoms with van der Waals surface area (Å²) in [6.07, 6.45) is 2.22. The molecule has 2 heterocycles. The fourth-order valence-corrected chi connectivity index (χ4v) is 5.11. The van der Waals surface area contributed by atoms with E-state index in [-0.39, 0.29) is 29.5 Å². The van der Waals surface area contributed by atoms with E-state index in [9.17, 15) is 23.9 Å². The molecule has 1 aliphatic carbocycles. The van der Waals surface area contributed by atoms with E-state index in [0.717, 1.165) is 0 Å². The van der Waals surface area contributed by atoms with Crippen LogP contribution in [0, 0.1) is 17.7 Å². The second kappa shape index (κ2) is 9.34. The van der Waals surface area contributed by atoms with Crippen LogP contribution in [0.15, 0.2) is 51.7 Å². The zero-order valence-corrected chi connectivity index (χ0v) is 19.5. The highest BCUT2D eigenvalue weighted by Crippen LogP contribution is 2.37. The van der Waals surface area contributed by atoms with Gasteiger partial charge in [0.1, 0.15) is 23.3 Å². The number of piperidine rings is 1. The number of amides is 1. The maximum atomic E-state index is 13.5. The molecule has 3 aromatic rings. The Kier molecular flexibility index (Phi) is 6.23. The Bertz CT molecular complexity index is 1370. The Balaban J connectivity index is 1.28. The molecular weight excluding hydrogens is 477 g/mol. The summed E-state index contributed by atoms with van der Waals surface area (Å²) >= 11 is 6.20. The summed E-state index contributed by atoms with van der Waals surface area (Å²) in [6, 6.07) is 10.4. The first-order valence-electron chi connectivity index (χ1n) is 11.5. The summed E-state index contributed by atoms with van der Waals surface area (Å²) in [5.74, 6) is -1.52. The highest BCUT2D eigenvalue weighted by Gasteiger charge is 2.40. The van der Waals surface area contributed by atoms with Crippen LogP contribution >= 0.6 is 11.6 Å². The summed E-state index contributed by atoms with van der Waals surface area (Å²) in [5, 5.41) is 10.1. The van der Waals surface area contributed by atoms with Crippen LogP contribution in [0.4, 0.5) is 4.39 Å². The van der Waals surface area contributed by atoms with Crippen molar-refractivity contribution in [3.63, 3.8) is 0 Å². The van der Waals surface area contributed by atoms with Gasteiger partial charge in [-0.2, -0.15) is 0 Å². The van der Waals surface area contributed by atoms with E-state index in [2.05, 4.69) is 0 Å². The quantitative estimate of drug-likeness (QED) is 0.510. The van der Waals surface area contributed by atoms with Crippen LogP contribution in [0.25, 0.3) is 22.1 Å². The maximum Gasteiger partial charge on any atom is 0.336 e. The van der Waals surface area contributed by atoms with Crippen molar-refractivity contribution in [1.82, 2.24) is 4.90 Å². The van der Waals surface area contributed by atoms with Crippen molar-refractivity contribution in [2.24, 2.45) is 11.8 Å². The number of carboxylic acids is 1. The second-order valence-electron chi connectivity index (χ2n) is 9.13. The molecule has 1 aliphatic heterocycles. The number of hydrogen-bond acceptors (Lipinski definition) is 5. The van der Waals surface area contributed by atoms with Crippen molar-refractivity contribution < 1.29 is 28.2 Å². The molecule has 35 heavy (non-hydrogen) atoms. The molecule has 0 spiro atoms. The molecule has 0 radical (unpaired) electrons. The van der Waals surface area contributed by atoms with Crippen LogP contribution in [0.1, 0.15) is 25.7 Å². The van der Waals surface area contributed by atoms with Crippen LogP contribution in [-0.2, 0) is 9.59 Å². The molecule has 1 aromatic heterocycles. The lowest BCUT2D eigenvalue weighted by molar-refractivity contribution is -0.149. The SMILES string of the molecule is O=C(O)[C@H]1CCCN(C(=O)C2CC(Oc3ccc4c(-c5ccc(F)cc5Cl)cc(=O)oc4c3)C2)C1. The van der Waals surface area contributed by atoms with Crippen molar-refractivity contribution >= 4 is 34.4 Å². The third-order valence-corrected chi connectivity index (χ3v) is 7.08. The molecule has 5 rings (SSSR count). The predicted octanol–water partition coefficient (Wildman–Crippen LogP) is 4.73.